The van der Waals surface area contributed by atoms with Crippen LogP contribution in [0.15, 0.2) is 35.1 Å². The van der Waals surface area contributed by atoms with Crippen molar-refractivity contribution < 1.29 is 13.6 Å². The van der Waals surface area contributed by atoms with Gasteiger partial charge in [-0.05, 0) is 37.1 Å². The van der Waals surface area contributed by atoms with Gasteiger partial charge in [0.2, 0.25) is 0 Å². The Morgan fingerprint density at radius 2 is 1.68 bits per heavy atom. The molecule has 1 aromatic carbocycles. The molecular weight excluding hydrogens is 290 g/mol. The van der Waals surface area contributed by atoms with Gasteiger partial charge in [0.25, 0.3) is 11.5 Å². The number of carbonyl (C=O) groups excluding carboxylic acids is 1. The maximum Gasteiger partial charge on any atom is 0.261 e. The lowest BCUT2D eigenvalue weighted by Crippen LogP contribution is -2.32. The van der Waals surface area contributed by atoms with Crippen molar-refractivity contribution in [3.05, 3.63) is 57.9 Å². The van der Waals surface area contributed by atoms with E-state index in [2.05, 4.69) is 4.98 Å². The lowest BCUT2D eigenvalue weighted by Gasteiger charge is -2.14. The van der Waals surface area contributed by atoms with E-state index in [9.17, 15) is 18.4 Å². The van der Waals surface area contributed by atoms with E-state index in [4.69, 9.17) is 0 Å². The van der Waals surface area contributed by atoms with E-state index in [-0.39, 0.29) is 22.7 Å². The van der Waals surface area contributed by atoms with Gasteiger partial charge in [-0.3, -0.25) is 9.59 Å². The number of aromatic amines is 1. The number of rotatable bonds is 2. The predicted molar refractivity (Wildman–Crippen MR) is 77.6 cm³/mol. The van der Waals surface area contributed by atoms with Crippen molar-refractivity contribution in [1.29, 1.82) is 0 Å². The first-order valence-electron chi connectivity index (χ1n) is 7.04. The molecule has 0 radical (unpaired) electrons. The normalized spacial score (nSPS) is 14.4. The van der Waals surface area contributed by atoms with Gasteiger partial charge in [0.15, 0.2) is 0 Å². The van der Waals surface area contributed by atoms with Crippen molar-refractivity contribution in [3.63, 3.8) is 0 Å². The lowest BCUT2D eigenvalue weighted by molar-refractivity contribution is 0.0791. The first kappa shape index (κ1) is 14.4. The first-order valence-corrected chi connectivity index (χ1v) is 7.04. The van der Waals surface area contributed by atoms with Gasteiger partial charge in [-0.2, -0.15) is 0 Å². The molecule has 22 heavy (non-hydrogen) atoms. The molecule has 1 aliphatic heterocycles. The van der Waals surface area contributed by atoms with Crippen LogP contribution in [0.2, 0.25) is 0 Å². The maximum absolute atomic E-state index is 13.2. The number of amides is 1. The molecule has 3 rings (SSSR count). The fraction of sp³-hybridized carbons (Fsp3) is 0.250. The molecule has 2 heterocycles. The number of H-pyrrole nitrogens is 1. The number of halogens is 2. The second-order valence-electron chi connectivity index (χ2n) is 5.27. The zero-order valence-electron chi connectivity index (χ0n) is 11.7. The van der Waals surface area contributed by atoms with Crippen molar-refractivity contribution >= 4 is 5.91 Å². The van der Waals surface area contributed by atoms with Crippen LogP contribution in [0.25, 0.3) is 11.3 Å². The van der Waals surface area contributed by atoms with Gasteiger partial charge in [-0.1, -0.05) is 0 Å². The van der Waals surface area contributed by atoms with E-state index < -0.39 is 17.2 Å². The summed E-state index contributed by atoms with van der Waals surface area (Å²) < 4.78 is 26.5. The summed E-state index contributed by atoms with van der Waals surface area (Å²) in [6, 6.07) is 5.88. The van der Waals surface area contributed by atoms with Gasteiger partial charge < -0.3 is 9.88 Å². The molecule has 6 heteroatoms. The number of pyridine rings is 1. The van der Waals surface area contributed by atoms with E-state index in [1.54, 1.807) is 4.90 Å². The molecule has 0 unspecified atom stereocenters. The van der Waals surface area contributed by atoms with Gasteiger partial charge in [-0.15, -0.1) is 0 Å². The molecule has 1 amide bonds. The standard InChI is InChI=1S/C16H14F2N2O2/c17-11-7-10(8-12(18)9-11)14-4-3-13(15(21)19-14)16(22)20-5-1-2-6-20/h3-4,7-9H,1-2,5-6H2,(H,19,21). The zero-order chi connectivity index (χ0) is 15.7. The van der Waals surface area contributed by atoms with Crippen LogP contribution in [0.4, 0.5) is 8.78 Å². The third kappa shape index (κ3) is 2.77. The molecule has 1 N–H and O–H groups in total. The number of hydrogen-bond acceptors (Lipinski definition) is 2. The molecule has 1 aliphatic rings. The summed E-state index contributed by atoms with van der Waals surface area (Å²) in [5.41, 5.74) is -0.0299. The number of benzene rings is 1. The van der Waals surface area contributed by atoms with Crippen molar-refractivity contribution in [2.75, 3.05) is 13.1 Å². The summed E-state index contributed by atoms with van der Waals surface area (Å²) in [5, 5.41) is 0. The van der Waals surface area contributed by atoms with Crippen molar-refractivity contribution in [2.45, 2.75) is 12.8 Å². The molecule has 0 aliphatic carbocycles. The quantitative estimate of drug-likeness (QED) is 0.927. The summed E-state index contributed by atoms with van der Waals surface area (Å²) in [5.74, 6) is -1.77. The Bertz CT molecular complexity index is 760. The van der Waals surface area contributed by atoms with Crippen LogP contribution >= 0.6 is 0 Å². The maximum atomic E-state index is 13.2. The Balaban J connectivity index is 1.95. The number of carbonyl (C=O) groups is 1. The molecule has 2 aromatic rings. The lowest BCUT2D eigenvalue weighted by atomic mass is 10.1. The highest BCUT2D eigenvalue weighted by atomic mass is 19.1. The van der Waals surface area contributed by atoms with Crippen LogP contribution in [0.1, 0.15) is 23.2 Å². The highest BCUT2D eigenvalue weighted by molar-refractivity contribution is 5.94. The Kier molecular flexibility index (Phi) is 3.75. The number of aromatic nitrogens is 1. The predicted octanol–water partition coefficient (Wildman–Crippen LogP) is 2.56. The van der Waals surface area contributed by atoms with Crippen LogP contribution in [-0.2, 0) is 0 Å². The van der Waals surface area contributed by atoms with E-state index in [0.717, 1.165) is 31.0 Å². The van der Waals surface area contributed by atoms with Crippen LogP contribution in [0.3, 0.4) is 0 Å². The second kappa shape index (κ2) is 5.71. The monoisotopic (exact) mass is 304 g/mol. The van der Waals surface area contributed by atoms with Gasteiger partial charge in [0.1, 0.15) is 17.2 Å². The highest BCUT2D eigenvalue weighted by Gasteiger charge is 2.21. The van der Waals surface area contributed by atoms with Crippen molar-refractivity contribution in [2.24, 2.45) is 0 Å². The molecular formula is C16H14F2N2O2. The van der Waals surface area contributed by atoms with E-state index in [1.807, 2.05) is 0 Å². The van der Waals surface area contributed by atoms with Gasteiger partial charge in [0.05, 0.1) is 0 Å². The van der Waals surface area contributed by atoms with Crippen molar-refractivity contribution in [3.8, 4) is 11.3 Å². The smallest absolute Gasteiger partial charge is 0.261 e. The molecule has 0 saturated carbocycles. The summed E-state index contributed by atoms with van der Waals surface area (Å²) in [7, 11) is 0. The second-order valence-corrected chi connectivity index (χ2v) is 5.27. The average molecular weight is 304 g/mol. The highest BCUT2D eigenvalue weighted by Crippen LogP contribution is 2.19. The Labute approximate surface area is 125 Å². The SMILES string of the molecule is O=C(c1ccc(-c2cc(F)cc(F)c2)[nH]c1=O)N1CCCC1. The fourth-order valence-electron chi connectivity index (χ4n) is 2.61. The van der Waals surface area contributed by atoms with E-state index in [0.29, 0.717) is 13.1 Å². The van der Waals surface area contributed by atoms with Gasteiger partial charge >= 0.3 is 0 Å². The van der Waals surface area contributed by atoms with Crippen LogP contribution < -0.4 is 5.56 Å². The number of hydrogen-bond donors (Lipinski definition) is 1. The van der Waals surface area contributed by atoms with E-state index in [1.165, 1.54) is 12.1 Å². The van der Waals surface area contributed by atoms with E-state index >= 15 is 0 Å². The minimum atomic E-state index is -0.729. The number of nitrogens with one attached hydrogen (secondary N) is 1. The largest absolute Gasteiger partial charge is 0.338 e. The summed E-state index contributed by atoms with van der Waals surface area (Å²) in [4.78, 5) is 28.4. The molecule has 0 bridgehead atoms. The molecule has 1 saturated heterocycles. The van der Waals surface area contributed by atoms with Gasteiger partial charge in [-0.25, -0.2) is 8.78 Å². The number of nitrogens with zero attached hydrogens (tertiary/aromatic N) is 1. The zero-order valence-corrected chi connectivity index (χ0v) is 11.7. The van der Waals surface area contributed by atoms with Crippen molar-refractivity contribution in [1.82, 2.24) is 9.88 Å². The minimum absolute atomic E-state index is 0.0440. The van der Waals surface area contributed by atoms with Crippen LogP contribution in [0, 0.1) is 11.6 Å². The Morgan fingerprint density at radius 3 is 2.27 bits per heavy atom. The molecule has 0 spiro atoms. The topological polar surface area (TPSA) is 53.2 Å². The van der Waals surface area contributed by atoms with Crippen LogP contribution in [-0.4, -0.2) is 28.9 Å². The van der Waals surface area contributed by atoms with Crippen LogP contribution in [0.5, 0.6) is 0 Å². The minimum Gasteiger partial charge on any atom is -0.338 e. The summed E-state index contributed by atoms with van der Waals surface area (Å²) in [6.45, 7) is 1.30. The molecule has 1 aromatic heterocycles. The average Bonchev–Trinajstić information content (AvgIpc) is 2.99. The number of likely N-dealkylation sites (tertiary alicyclic amines) is 1. The molecule has 114 valence electrons. The fourth-order valence-corrected chi connectivity index (χ4v) is 2.61. The Morgan fingerprint density at radius 1 is 1.05 bits per heavy atom. The first-order chi connectivity index (χ1) is 10.5. The molecule has 0 atom stereocenters. The molecule has 1 fully saturated rings. The Hall–Kier alpha value is -2.50. The summed E-state index contributed by atoms with van der Waals surface area (Å²) in [6.07, 6.45) is 1.87. The summed E-state index contributed by atoms with van der Waals surface area (Å²) >= 11 is 0. The third-order valence-corrected chi connectivity index (χ3v) is 3.71. The van der Waals surface area contributed by atoms with Gasteiger partial charge in [0, 0.05) is 30.4 Å². The molecule has 4 nitrogen and oxygen atoms in total. The third-order valence-electron chi connectivity index (χ3n) is 3.71.